The molecule has 0 atom stereocenters. The number of rotatable bonds is 5. The first kappa shape index (κ1) is 22.3. The lowest BCUT2D eigenvalue weighted by molar-refractivity contribution is 0.0704. The summed E-state index contributed by atoms with van der Waals surface area (Å²) in [5.74, 6) is 1.01. The maximum absolute atomic E-state index is 12.8. The molecule has 2 aromatic heterocycles. The normalized spacial score (nSPS) is 14.1. The number of aryl methyl sites for hydroxylation is 2. The van der Waals surface area contributed by atoms with Crippen LogP contribution in [0.5, 0.6) is 5.75 Å². The van der Waals surface area contributed by atoms with Crippen molar-refractivity contribution in [3.8, 4) is 5.75 Å². The van der Waals surface area contributed by atoms with Gasteiger partial charge < -0.3 is 15.0 Å². The lowest BCUT2D eigenvalue weighted by Crippen LogP contribution is -2.38. The molecule has 170 valence electrons. The van der Waals surface area contributed by atoms with Gasteiger partial charge in [0.05, 0.1) is 35.9 Å². The minimum absolute atomic E-state index is 0.110. The SMILES string of the molecule is COc1ccccc1NC(=O)c1cnc(C2CCN(C(=O)c3cnc(C)cn3)CC2)nc1C. The first-order chi connectivity index (χ1) is 16.0. The van der Waals surface area contributed by atoms with Gasteiger partial charge in [0.15, 0.2) is 0 Å². The van der Waals surface area contributed by atoms with Crippen molar-refractivity contribution < 1.29 is 14.3 Å². The van der Waals surface area contributed by atoms with Gasteiger partial charge in [-0.3, -0.25) is 14.6 Å². The third-order valence-corrected chi connectivity index (χ3v) is 5.75. The van der Waals surface area contributed by atoms with Gasteiger partial charge in [-0.05, 0) is 38.8 Å². The van der Waals surface area contributed by atoms with E-state index in [9.17, 15) is 9.59 Å². The average molecular weight is 447 g/mol. The van der Waals surface area contributed by atoms with E-state index in [1.807, 2.05) is 19.1 Å². The zero-order valence-electron chi connectivity index (χ0n) is 18.9. The second-order valence-electron chi connectivity index (χ2n) is 7.99. The number of methoxy groups -OCH3 is 1. The highest BCUT2D eigenvalue weighted by molar-refractivity contribution is 6.05. The maximum Gasteiger partial charge on any atom is 0.274 e. The fourth-order valence-corrected chi connectivity index (χ4v) is 3.85. The van der Waals surface area contributed by atoms with E-state index in [1.54, 1.807) is 43.5 Å². The van der Waals surface area contributed by atoms with Crippen LogP contribution in [0.4, 0.5) is 5.69 Å². The molecule has 1 saturated heterocycles. The highest BCUT2D eigenvalue weighted by atomic mass is 16.5. The van der Waals surface area contributed by atoms with Crippen molar-refractivity contribution in [2.24, 2.45) is 0 Å². The molecule has 1 N–H and O–H groups in total. The summed E-state index contributed by atoms with van der Waals surface area (Å²) in [4.78, 5) is 44.6. The van der Waals surface area contributed by atoms with Crippen molar-refractivity contribution in [2.45, 2.75) is 32.6 Å². The summed E-state index contributed by atoms with van der Waals surface area (Å²) in [6.07, 6.45) is 6.18. The number of hydrogen-bond donors (Lipinski definition) is 1. The Kier molecular flexibility index (Phi) is 6.58. The molecule has 0 saturated carbocycles. The van der Waals surface area contributed by atoms with Gasteiger partial charge in [-0.25, -0.2) is 15.0 Å². The summed E-state index contributed by atoms with van der Waals surface area (Å²) < 4.78 is 5.29. The molecule has 33 heavy (non-hydrogen) atoms. The molecule has 9 heteroatoms. The van der Waals surface area contributed by atoms with Crippen molar-refractivity contribution in [3.63, 3.8) is 0 Å². The summed E-state index contributed by atoms with van der Waals surface area (Å²) in [7, 11) is 1.56. The fraction of sp³-hybridized carbons (Fsp3) is 0.333. The molecule has 0 aliphatic carbocycles. The third kappa shape index (κ3) is 4.97. The third-order valence-electron chi connectivity index (χ3n) is 5.75. The summed E-state index contributed by atoms with van der Waals surface area (Å²) in [5.41, 5.74) is 2.74. The number of nitrogens with zero attached hydrogens (tertiary/aromatic N) is 5. The molecular formula is C24H26N6O3. The van der Waals surface area contributed by atoms with Crippen molar-refractivity contribution in [1.82, 2.24) is 24.8 Å². The Morgan fingerprint density at radius 2 is 1.79 bits per heavy atom. The van der Waals surface area contributed by atoms with E-state index >= 15 is 0 Å². The minimum atomic E-state index is -0.289. The number of para-hydroxylation sites is 2. The molecule has 3 aromatic rings. The van der Waals surface area contributed by atoms with E-state index in [2.05, 4.69) is 25.3 Å². The number of benzene rings is 1. The van der Waals surface area contributed by atoms with Crippen LogP contribution in [-0.4, -0.2) is 56.8 Å². The Labute approximate surface area is 192 Å². The van der Waals surface area contributed by atoms with Gasteiger partial charge in [0.25, 0.3) is 11.8 Å². The molecule has 2 amide bonds. The van der Waals surface area contributed by atoms with Crippen LogP contribution in [0.3, 0.4) is 0 Å². The standard InChI is InChI=1S/C24H26N6O3/c1-15-12-26-20(14-25-15)24(32)30-10-8-17(9-11-30)22-27-13-18(16(2)28-22)23(31)29-19-6-4-5-7-21(19)33-3/h4-7,12-14,17H,8-11H2,1-3H3,(H,29,31). The van der Waals surface area contributed by atoms with Crippen LogP contribution in [0, 0.1) is 13.8 Å². The molecule has 1 aliphatic heterocycles. The van der Waals surface area contributed by atoms with E-state index < -0.39 is 0 Å². The van der Waals surface area contributed by atoms with E-state index in [-0.39, 0.29) is 17.7 Å². The molecule has 9 nitrogen and oxygen atoms in total. The first-order valence-corrected chi connectivity index (χ1v) is 10.8. The summed E-state index contributed by atoms with van der Waals surface area (Å²) in [6.45, 7) is 4.83. The minimum Gasteiger partial charge on any atom is -0.495 e. The number of piperidine rings is 1. The zero-order valence-corrected chi connectivity index (χ0v) is 18.9. The average Bonchev–Trinajstić information content (AvgIpc) is 2.84. The van der Waals surface area contributed by atoms with Gasteiger partial charge in [-0.15, -0.1) is 0 Å². The Morgan fingerprint density at radius 3 is 2.45 bits per heavy atom. The molecule has 0 bridgehead atoms. The van der Waals surface area contributed by atoms with Crippen molar-refractivity contribution >= 4 is 17.5 Å². The number of carbonyl (C=O) groups excluding carboxylic acids is 2. The predicted molar refractivity (Wildman–Crippen MR) is 122 cm³/mol. The van der Waals surface area contributed by atoms with E-state index in [0.29, 0.717) is 47.3 Å². The smallest absolute Gasteiger partial charge is 0.274 e. The molecule has 4 rings (SSSR count). The van der Waals surface area contributed by atoms with E-state index in [4.69, 9.17) is 4.74 Å². The van der Waals surface area contributed by atoms with Gasteiger partial charge in [0.2, 0.25) is 0 Å². The predicted octanol–water partition coefficient (Wildman–Crippen LogP) is 3.16. The Balaban J connectivity index is 1.40. The van der Waals surface area contributed by atoms with Crippen LogP contribution in [0.2, 0.25) is 0 Å². The Morgan fingerprint density at radius 1 is 1.03 bits per heavy atom. The van der Waals surface area contributed by atoms with E-state index in [0.717, 1.165) is 18.5 Å². The van der Waals surface area contributed by atoms with Crippen LogP contribution in [-0.2, 0) is 0 Å². The number of hydrogen-bond acceptors (Lipinski definition) is 7. The Bertz CT molecular complexity index is 1160. The molecule has 0 unspecified atom stereocenters. The monoisotopic (exact) mass is 446 g/mol. The number of aromatic nitrogens is 4. The highest BCUT2D eigenvalue weighted by Crippen LogP contribution is 2.27. The summed E-state index contributed by atoms with van der Waals surface area (Å²) >= 11 is 0. The van der Waals surface area contributed by atoms with Crippen LogP contribution in [0.15, 0.2) is 42.9 Å². The van der Waals surface area contributed by atoms with Crippen molar-refractivity contribution in [1.29, 1.82) is 0 Å². The Hall–Kier alpha value is -3.88. The van der Waals surface area contributed by atoms with Gasteiger partial charge >= 0.3 is 0 Å². The second-order valence-corrected chi connectivity index (χ2v) is 7.99. The summed E-state index contributed by atoms with van der Waals surface area (Å²) in [6, 6.07) is 7.22. The number of anilines is 1. The number of likely N-dealkylation sites (tertiary alicyclic amines) is 1. The van der Waals surface area contributed by atoms with Gasteiger partial charge in [-0.2, -0.15) is 0 Å². The van der Waals surface area contributed by atoms with Gasteiger partial charge in [-0.1, -0.05) is 12.1 Å². The number of amides is 2. The number of ether oxygens (including phenoxy) is 1. The van der Waals surface area contributed by atoms with Gasteiger partial charge in [0, 0.05) is 31.4 Å². The van der Waals surface area contributed by atoms with Crippen LogP contribution < -0.4 is 10.1 Å². The number of carbonyl (C=O) groups is 2. The van der Waals surface area contributed by atoms with Crippen LogP contribution >= 0.6 is 0 Å². The molecule has 0 radical (unpaired) electrons. The van der Waals surface area contributed by atoms with Gasteiger partial charge in [0.1, 0.15) is 17.3 Å². The molecule has 1 fully saturated rings. The first-order valence-electron chi connectivity index (χ1n) is 10.8. The molecule has 3 heterocycles. The quantitative estimate of drug-likeness (QED) is 0.641. The molecule has 0 spiro atoms. The topological polar surface area (TPSA) is 110 Å². The van der Waals surface area contributed by atoms with E-state index in [1.165, 1.54) is 6.20 Å². The van der Waals surface area contributed by atoms with Crippen LogP contribution in [0.1, 0.15) is 56.8 Å². The summed E-state index contributed by atoms with van der Waals surface area (Å²) in [5, 5.41) is 2.86. The zero-order chi connectivity index (χ0) is 23.4. The highest BCUT2D eigenvalue weighted by Gasteiger charge is 2.27. The van der Waals surface area contributed by atoms with Crippen molar-refractivity contribution in [2.75, 3.05) is 25.5 Å². The molecule has 1 aromatic carbocycles. The second kappa shape index (κ2) is 9.72. The fourth-order valence-electron chi connectivity index (χ4n) is 3.85. The maximum atomic E-state index is 12.8. The largest absolute Gasteiger partial charge is 0.495 e. The molecule has 1 aliphatic rings. The van der Waals surface area contributed by atoms with Crippen molar-refractivity contribution in [3.05, 3.63) is 71.3 Å². The molecular weight excluding hydrogens is 420 g/mol. The lowest BCUT2D eigenvalue weighted by atomic mass is 9.95. The van der Waals surface area contributed by atoms with Crippen LogP contribution in [0.25, 0.3) is 0 Å². The lowest BCUT2D eigenvalue weighted by Gasteiger charge is -2.31. The number of nitrogens with one attached hydrogen (secondary N) is 1.